The normalized spacial score (nSPS) is 12.3. The van der Waals surface area contributed by atoms with Crippen LogP contribution in [0, 0.1) is 0 Å². The van der Waals surface area contributed by atoms with Gasteiger partial charge >= 0.3 is 5.97 Å². The Morgan fingerprint density at radius 1 is 1.40 bits per heavy atom. The van der Waals surface area contributed by atoms with Gasteiger partial charge in [-0.1, -0.05) is 28.1 Å². The van der Waals surface area contributed by atoms with Crippen LogP contribution in [-0.4, -0.2) is 23.7 Å². The molecule has 2 rings (SSSR count). The fourth-order valence-electron chi connectivity index (χ4n) is 1.71. The first kappa shape index (κ1) is 15.2. The highest BCUT2D eigenvalue weighted by atomic mass is 79.9. The standard InChI is InChI=1S/C14H15BrN2O2S/c15-10-3-1-2-9(6-10)13-5-4-11(20-13)7-17-8-12(16)14(18)19/h1-6,12,17H,7-8,16H2,(H,18,19)/t12-/m0/s1. The molecule has 0 amide bonds. The number of carboxylic acid groups (broad SMARTS) is 1. The maximum Gasteiger partial charge on any atom is 0.321 e. The summed E-state index contributed by atoms with van der Waals surface area (Å²) >= 11 is 5.14. The van der Waals surface area contributed by atoms with Crippen molar-refractivity contribution in [1.29, 1.82) is 0 Å². The minimum atomic E-state index is -0.987. The lowest BCUT2D eigenvalue weighted by atomic mass is 10.2. The Morgan fingerprint density at radius 2 is 2.20 bits per heavy atom. The first-order chi connectivity index (χ1) is 9.56. The molecule has 0 saturated heterocycles. The molecule has 4 N–H and O–H groups in total. The van der Waals surface area contributed by atoms with Crippen LogP contribution in [0.25, 0.3) is 10.4 Å². The number of hydrogen-bond donors (Lipinski definition) is 3. The van der Waals surface area contributed by atoms with E-state index in [0.29, 0.717) is 6.54 Å². The topological polar surface area (TPSA) is 75.3 Å². The maximum absolute atomic E-state index is 10.6. The summed E-state index contributed by atoms with van der Waals surface area (Å²) in [5.41, 5.74) is 6.59. The molecule has 1 aromatic carbocycles. The van der Waals surface area contributed by atoms with Crippen molar-refractivity contribution < 1.29 is 9.90 Å². The minimum Gasteiger partial charge on any atom is -0.480 e. The molecule has 0 fully saturated rings. The van der Waals surface area contributed by atoms with Gasteiger partial charge in [-0.05, 0) is 29.8 Å². The van der Waals surface area contributed by atoms with Crippen LogP contribution in [0.1, 0.15) is 4.88 Å². The number of nitrogens with two attached hydrogens (primary N) is 1. The second-order valence-electron chi connectivity index (χ2n) is 4.35. The number of aliphatic carboxylic acids is 1. The smallest absolute Gasteiger partial charge is 0.321 e. The second-order valence-corrected chi connectivity index (χ2v) is 6.44. The van der Waals surface area contributed by atoms with Crippen LogP contribution < -0.4 is 11.1 Å². The molecule has 0 saturated carbocycles. The summed E-state index contributed by atoms with van der Waals surface area (Å²) in [5.74, 6) is -0.987. The Labute approximate surface area is 129 Å². The van der Waals surface area contributed by atoms with Crippen molar-refractivity contribution in [3.8, 4) is 10.4 Å². The number of hydrogen-bond acceptors (Lipinski definition) is 4. The van der Waals surface area contributed by atoms with Crippen LogP contribution >= 0.6 is 27.3 Å². The fraction of sp³-hybridized carbons (Fsp3) is 0.214. The van der Waals surface area contributed by atoms with Crippen LogP contribution in [-0.2, 0) is 11.3 Å². The van der Waals surface area contributed by atoms with E-state index in [2.05, 4.69) is 39.4 Å². The van der Waals surface area contributed by atoms with E-state index in [1.165, 1.54) is 4.88 Å². The Balaban J connectivity index is 1.94. The van der Waals surface area contributed by atoms with Gasteiger partial charge in [0.2, 0.25) is 0 Å². The van der Waals surface area contributed by atoms with Crippen LogP contribution in [0.3, 0.4) is 0 Å². The van der Waals surface area contributed by atoms with Gasteiger partial charge in [-0.3, -0.25) is 4.79 Å². The van der Waals surface area contributed by atoms with E-state index in [9.17, 15) is 4.79 Å². The molecular formula is C14H15BrN2O2S. The van der Waals surface area contributed by atoms with Crippen molar-refractivity contribution in [3.63, 3.8) is 0 Å². The van der Waals surface area contributed by atoms with Gasteiger partial charge in [-0.25, -0.2) is 0 Å². The molecule has 106 valence electrons. The minimum absolute atomic E-state index is 0.263. The summed E-state index contributed by atoms with van der Waals surface area (Å²) in [6, 6.07) is 11.4. The number of halogens is 1. The molecule has 2 aromatic rings. The van der Waals surface area contributed by atoms with Crippen molar-refractivity contribution in [2.24, 2.45) is 5.73 Å². The lowest BCUT2D eigenvalue weighted by Gasteiger charge is -2.06. The van der Waals surface area contributed by atoms with Gasteiger partial charge in [0.05, 0.1) is 0 Å². The van der Waals surface area contributed by atoms with E-state index in [4.69, 9.17) is 10.8 Å². The number of rotatable bonds is 6. The zero-order valence-corrected chi connectivity index (χ0v) is 13.1. The summed E-state index contributed by atoms with van der Waals surface area (Å²) < 4.78 is 1.05. The van der Waals surface area contributed by atoms with E-state index in [1.54, 1.807) is 11.3 Å². The van der Waals surface area contributed by atoms with Crippen LogP contribution in [0.5, 0.6) is 0 Å². The molecule has 6 heteroatoms. The van der Waals surface area contributed by atoms with E-state index in [-0.39, 0.29) is 6.54 Å². The summed E-state index contributed by atoms with van der Waals surface area (Å²) in [5, 5.41) is 11.7. The van der Waals surface area contributed by atoms with Crippen molar-refractivity contribution >= 4 is 33.2 Å². The molecule has 0 radical (unpaired) electrons. The third-order valence-corrected chi connectivity index (χ3v) is 4.38. The molecule has 0 aliphatic heterocycles. The van der Waals surface area contributed by atoms with E-state index >= 15 is 0 Å². The quantitative estimate of drug-likeness (QED) is 0.745. The van der Waals surface area contributed by atoms with Crippen molar-refractivity contribution in [2.45, 2.75) is 12.6 Å². The zero-order valence-electron chi connectivity index (χ0n) is 10.7. The zero-order chi connectivity index (χ0) is 14.5. The average molecular weight is 355 g/mol. The number of nitrogens with one attached hydrogen (secondary N) is 1. The summed E-state index contributed by atoms with van der Waals surface area (Å²) in [6.07, 6.45) is 0. The van der Waals surface area contributed by atoms with E-state index in [0.717, 1.165) is 14.9 Å². The molecular weight excluding hydrogens is 340 g/mol. The molecule has 0 aliphatic rings. The van der Waals surface area contributed by atoms with Gasteiger partial charge in [0, 0.05) is 27.3 Å². The molecule has 0 spiro atoms. The third-order valence-electron chi connectivity index (χ3n) is 2.75. The fourth-order valence-corrected chi connectivity index (χ4v) is 3.08. The first-order valence-corrected chi connectivity index (χ1v) is 7.71. The van der Waals surface area contributed by atoms with Crippen molar-refractivity contribution in [3.05, 3.63) is 45.7 Å². The van der Waals surface area contributed by atoms with Crippen molar-refractivity contribution in [1.82, 2.24) is 5.32 Å². The highest BCUT2D eigenvalue weighted by molar-refractivity contribution is 9.10. The molecule has 0 aliphatic carbocycles. The van der Waals surface area contributed by atoms with Crippen LogP contribution in [0.2, 0.25) is 0 Å². The summed E-state index contributed by atoms with van der Waals surface area (Å²) in [6.45, 7) is 0.888. The molecule has 20 heavy (non-hydrogen) atoms. The molecule has 1 aromatic heterocycles. The third kappa shape index (κ3) is 4.14. The summed E-state index contributed by atoms with van der Waals surface area (Å²) in [7, 11) is 0. The number of thiophene rings is 1. The molecule has 4 nitrogen and oxygen atoms in total. The van der Waals surface area contributed by atoms with E-state index in [1.807, 2.05) is 18.2 Å². The van der Waals surface area contributed by atoms with Gasteiger partial charge in [0.25, 0.3) is 0 Å². The Morgan fingerprint density at radius 3 is 2.90 bits per heavy atom. The van der Waals surface area contributed by atoms with Gasteiger partial charge in [0.15, 0.2) is 0 Å². The van der Waals surface area contributed by atoms with Crippen LogP contribution in [0.15, 0.2) is 40.9 Å². The van der Waals surface area contributed by atoms with Gasteiger partial charge in [-0.2, -0.15) is 0 Å². The molecule has 0 unspecified atom stereocenters. The SMILES string of the molecule is N[C@@H](CNCc1ccc(-c2cccc(Br)c2)s1)C(=O)O. The maximum atomic E-state index is 10.6. The Bertz CT molecular complexity index is 600. The molecule has 0 bridgehead atoms. The first-order valence-electron chi connectivity index (χ1n) is 6.10. The van der Waals surface area contributed by atoms with Gasteiger partial charge < -0.3 is 16.2 Å². The summed E-state index contributed by atoms with van der Waals surface area (Å²) in [4.78, 5) is 12.9. The van der Waals surface area contributed by atoms with Gasteiger partial charge in [-0.15, -0.1) is 11.3 Å². The van der Waals surface area contributed by atoms with Crippen molar-refractivity contribution in [2.75, 3.05) is 6.54 Å². The lowest BCUT2D eigenvalue weighted by molar-refractivity contribution is -0.138. The van der Waals surface area contributed by atoms with Gasteiger partial charge in [0.1, 0.15) is 6.04 Å². The highest BCUT2D eigenvalue weighted by Gasteiger charge is 2.10. The highest BCUT2D eigenvalue weighted by Crippen LogP contribution is 2.29. The molecule has 1 heterocycles. The largest absolute Gasteiger partial charge is 0.480 e. The predicted molar refractivity (Wildman–Crippen MR) is 84.8 cm³/mol. The average Bonchev–Trinajstić information content (AvgIpc) is 2.87. The lowest BCUT2D eigenvalue weighted by Crippen LogP contribution is -2.39. The predicted octanol–water partition coefficient (Wildman–Crippen LogP) is 2.68. The number of carboxylic acids is 1. The molecule has 1 atom stereocenters. The Kier molecular flexibility index (Phi) is 5.31. The number of carbonyl (C=O) groups is 1. The van der Waals surface area contributed by atoms with E-state index < -0.39 is 12.0 Å². The second kappa shape index (κ2) is 6.99. The van der Waals surface area contributed by atoms with Crippen LogP contribution in [0.4, 0.5) is 0 Å². The Hall–Kier alpha value is -1.21. The monoisotopic (exact) mass is 354 g/mol. The number of benzene rings is 1.